The average molecular weight is 403 g/mol. The van der Waals surface area contributed by atoms with E-state index in [4.69, 9.17) is 4.74 Å². The maximum absolute atomic E-state index is 13.2. The zero-order valence-electron chi connectivity index (χ0n) is 11.1. The molecule has 2 aromatic rings. The summed E-state index contributed by atoms with van der Waals surface area (Å²) in [7, 11) is 1.63. The fourth-order valence-electron chi connectivity index (χ4n) is 1.87. The summed E-state index contributed by atoms with van der Waals surface area (Å²) >= 11 is 6.95. The van der Waals surface area contributed by atoms with E-state index >= 15 is 0 Å². The van der Waals surface area contributed by atoms with E-state index < -0.39 is 0 Å². The minimum absolute atomic E-state index is 0.189. The van der Waals surface area contributed by atoms with Crippen LogP contribution in [0.4, 0.5) is 10.1 Å². The van der Waals surface area contributed by atoms with Gasteiger partial charge < -0.3 is 10.1 Å². The number of aryl methyl sites for hydroxylation is 1. The lowest BCUT2D eigenvalue weighted by atomic mass is 10.2. The van der Waals surface area contributed by atoms with Crippen molar-refractivity contribution in [3.8, 4) is 5.75 Å². The maximum atomic E-state index is 13.2. The molecular formula is C15H14Br2FNO. The van der Waals surface area contributed by atoms with Crippen molar-refractivity contribution in [1.82, 2.24) is 0 Å². The van der Waals surface area contributed by atoms with Gasteiger partial charge in [-0.3, -0.25) is 0 Å². The number of hydrogen-bond acceptors (Lipinski definition) is 2. The molecule has 2 rings (SSSR count). The number of anilines is 1. The number of methoxy groups -OCH3 is 1. The molecule has 0 spiro atoms. The predicted molar refractivity (Wildman–Crippen MR) is 86.9 cm³/mol. The van der Waals surface area contributed by atoms with Gasteiger partial charge in [-0.05, 0) is 80.2 Å². The number of rotatable bonds is 4. The van der Waals surface area contributed by atoms with Crippen LogP contribution in [0.15, 0.2) is 39.3 Å². The predicted octanol–water partition coefficient (Wildman–Crippen LogP) is 5.28. The molecule has 1 N–H and O–H groups in total. The Balaban J connectivity index is 2.13. The van der Waals surface area contributed by atoms with E-state index in [0.717, 1.165) is 25.9 Å². The molecule has 5 heteroatoms. The molecule has 0 unspecified atom stereocenters. The van der Waals surface area contributed by atoms with Gasteiger partial charge in [-0.25, -0.2) is 4.39 Å². The summed E-state index contributed by atoms with van der Waals surface area (Å²) in [5.74, 6) is 0.580. The lowest BCUT2D eigenvalue weighted by Gasteiger charge is -2.11. The lowest BCUT2D eigenvalue weighted by Crippen LogP contribution is -2.01. The first kappa shape index (κ1) is 15.3. The Morgan fingerprint density at radius 1 is 1.15 bits per heavy atom. The van der Waals surface area contributed by atoms with E-state index in [9.17, 15) is 4.39 Å². The van der Waals surface area contributed by atoms with Crippen LogP contribution in [-0.2, 0) is 6.54 Å². The van der Waals surface area contributed by atoms with Crippen molar-refractivity contribution in [1.29, 1.82) is 0 Å². The summed E-state index contributed by atoms with van der Waals surface area (Å²) in [6.45, 7) is 2.40. The number of benzene rings is 2. The molecule has 0 radical (unpaired) electrons. The molecule has 106 valence electrons. The molecule has 2 nitrogen and oxygen atoms in total. The van der Waals surface area contributed by atoms with E-state index in [1.54, 1.807) is 26.2 Å². The largest absolute Gasteiger partial charge is 0.494 e. The van der Waals surface area contributed by atoms with Crippen molar-refractivity contribution in [3.63, 3.8) is 0 Å². The molecule has 0 aliphatic heterocycles. The summed E-state index contributed by atoms with van der Waals surface area (Å²) in [6.07, 6.45) is 0. The van der Waals surface area contributed by atoms with Gasteiger partial charge in [0.15, 0.2) is 0 Å². The molecule has 0 bridgehead atoms. The highest BCUT2D eigenvalue weighted by atomic mass is 79.9. The molecular weight excluding hydrogens is 389 g/mol. The summed E-state index contributed by atoms with van der Waals surface area (Å²) < 4.78 is 20.2. The smallest absolute Gasteiger partial charge is 0.147 e. The first-order valence-corrected chi connectivity index (χ1v) is 7.62. The van der Waals surface area contributed by atoms with E-state index in [1.165, 1.54) is 6.07 Å². The number of nitrogens with one attached hydrogen (secondary N) is 1. The van der Waals surface area contributed by atoms with Gasteiger partial charge in [0, 0.05) is 12.2 Å². The third kappa shape index (κ3) is 3.52. The quantitative estimate of drug-likeness (QED) is 0.751. The van der Waals surface area contributed by atoms with Gasteiger partial charge in [0.1, 0.15) is 11.6 Å². The van der Waals surface area contributed by atoms with Crippen LogP contribution >= 0.6 is 31.9 Å². The molecule has 0 aliphatic carbocycles. The average Bonchev–Trinajstić information content (AvgIpc) is 2.40. The van der Waals surface area contributed by atoms with Gasteiger partial charge in [0.2, 0.25) is 0 Å². The van der Waals surface area contributed by atoms with Gasteiger partial charge in [0.25, 0.3) is 0 Å². The third-order valence-corrected chi connectivity index (χ3v) is 4.09. The number of hydrogen-bond donors (Lipinski definition) is 1. The van der Waals surface area contributed by atoms with Crippen LogP contribution in [0.3, 0.4) is 0 Å². The Hall–Kier alpha value is -1.07. The Bertz CT molecular complexity index is 608. The van der Waals surface area contributed by atoms with Crippen molar-refractivity contribution in [2.24, 2.45) is 0 Å². The van der Waals surface area contributed by atoms with E-state index in [2.05, 4.69) is 37.2 Å². The molecule has 0 aromatic heterocycles. The molecule has 20 heavy (non-hydrogen) atoms. The number of ether oxygens (including phenoxy) is 1. The lowest BCUT2D eigenvalue weighted by molar-refractivity contribution is 0.409. The molecule has 0 aliphatic rings. The highest BCUT2D eigenvalue weighted by molar-refractivity contribution is 9.11. The summed E-state index contributed by atoms with van der Waals surface area (Å²) in [6, 6.07) is 8.98. The van der Waals surface area contributed by atoms with Crippen LogP contribution < -0.4 is 10.1 Å². The van der Waals surface area contributed by atoms with Gasteiger partial charge in [-0.2, -0.15) is 0 Å². The topological polar surface area (TPSA) is 21.3 Å². The van der Waals surface area contributed by atoms with Crippen molar-refractivity contribution in [2.45, 2.75) is 13.5 Å². The molecule has 0 saturated carbocycles. The second-order valence-corrected chi connectivity index (χ2v) is 6.12. The molecule has 0 atom stereocenters. The third-order valence-electron chi connectivity index (χ3n) is 2.92. The molecule has 0 fully saturated rings. The summed E-state index contributed by atoms with van der Waals surface area (Å²) in [4.78, 5) is 0. The highest BCUT2D eigenvalue weighted by Gasteiger charge is 2.08. The second-order valence-electron chi connectivity index (χ2n) is 4.41. The fourth-order valence-corrected chi connectivity index (χ4v) is 3.47. The van der Waals surface area contributed by atoms with E-state index in [-0.39, 0.29) is 5.82 Å². The van der Waals surface area contributed by atoms with Crippen LogP contribution in [0.25, 0.3) is 0 Å². The van der Waals surface area contributed by atoms with Gasteiger partial charge in [0.05, 0.1) is 16.1 Å². The second kappa shape index (κ2) is 6.59. The normalized spacial score (nSPS) is 10.4. The monoisotopic (exact) mass is 401 g/mol. The summed E-state index contributed by atoms with van der Waals surface area (Å²) in [5.41, 5.74) is 2.62. The zero-order valence-corrected chi connectivity index (χ0v) is 14.3. The Labute approximate surface area is 134 Å². The maximum Gasteiger partial charge on any atom is 0.147 e. The van der Waals surface area contributed by atoms with Crippen molar-refractivity contribution in [2.75, 3.05) is 12.4 Å². The molecule has 0 amide bonds. The van der Waals surface area contributed by atoms with Crippen LogP contribution in [0, 0.1) is 12.7 Å². The highest BCUT2D eigenvalue weighted by Crippen LogP contribution is 2.34. The van der Waals surface area contributed by atoms with Crippen molar-refractivity contribution >= 4 is 37.5 Å². The van der Waals surface area contributed by atoms with Crippen molar-refractivity contribution in [3.05, 3.63) is 56.2 Å². The van der Waals surface area contributed by atoms with Gasteiger partial charge in [-0.1, -0.05) is 0 Å². The molecule has 0 saturated heterocycles. The molecule has 2 aromatic carbocycles. The molecule has 0 heterocycles. The summed E-state index contributed by atoms with van der Waals surface area (Å²) in [5, 5.41) is 3.27. The van der Waals surface area contributed by atoms with Crippen LogP contribution in [0.2, 0.25) is 0 Å². The zero-order chi connectivity index (χ0) is 14.7. The first-order valence-electron chi connectivity index (χ1n) is 6.03. The SMILES string of the molecule is COc1c(Br)cc(CNc2ccc(F)c(C)c2)cc1Br. The Kier molecular flexibility index (Phi) is 5.05. The van der Waals surface area contributed by atoms with Crippen LogP contribution in [0.1, 0.15) is 11.1 Å². The van der Waals surface area contributed by atoms with Gasteiger partial charge in [-0.15, -0.1) is 0 Å². The minimum Gasteiger partial charge on any atom is -0.494 e. The number of halogens is 3. The van der Waals surface area contributed by atoms with Gasteiger partial charge >= 0.3 is 0 Å². The standard InChI is InChI=1S/C15H14Br2FNO/c1-9-5-11(3-4-14(9)18)19-8-10-6-12(16)15(20-2)13(17)7-10/h3-7,19H,8H2,1-2H3. The minimum atomic E-state index is -0.189. The Morgan fingerprint density at radius 2 is 1.80 bits per heavy atom. The van der Waals surface area contributed by atoms with E-state index in [0.29, 0.717) is 12.1 Å². The first-order chi connectivity index (χ1) is 9.51. The fraction of sp³-hybridized carbons (Fsp3) is 0.200. The van der Waals surface area contributed by atoms with Crippen molar-refractivity contribution < 1.29 is 9.13 Å². The van der Waals surface area contributed by atoms with Crippen LogP contribution in [0.5, 0.6) is 5.75 Å². The Morgan fingerprint density at radius 3 is 2.35 bits per heavy atom. The van der Waals surface area contributed by atoms with Crippen LogP contribution in [-0.4, -0.2) is 7.11 Å². The van der Waals surface area contributed by atoms with E-state index in [1.807, 2.05) is 12.1 Å².